The van der Waals surface area contributed by atoms with E-state index in [4.69, 9.17) is 0 Å². The Labute approximate surface area is 120 Å². The number of nitrogens with zero attached hydrogens (tertiary/aromatic N) is 1. The summed E-state index contributed by atoms with van der Waals surface area (Å²) in [4.78, 5) is 2.40. The Morgan fingerprint density at radius 2 is 1.83 bits per heavy atom. The Morgan fingerprint density at radius 1 is 1.22 bits per heavy atom. The van der Waals surface area contributed by atoms with Crippen molar-refractivity contribution in [2.45, 2.75) is 39.3 Å². The standard InChI is InChI=1S/C15H25BrN2/c1-5-12(2)18(4)11-10-17-13(3)14-6-8-15(16)9-7-14/h6-9,12-13,17H,5,10-11H2,1-4H3. The molecule has 1 rings (SSSR count). The number of nitrogens with one attached hydrogen (secondary N) is 1. The molecule has 2 unspecified atom stereocenters. The molecule has 1 aromatic carbocycles. The molecular formula is C15H25BrN2. The van der Waals surface area contributed by atoms with E-state index in [1.807, 2.05) is 0 Å². The molecule has 1 N–H and O–H groups in total. The number of hydrogen-bond donors (Lipinski definition) is 1. The summed E-state index contributed by atoms with van der Waals surface area (Å²) in [6.45, 7) is 8.84. The first-order valence-corrected chi connectivity index (χ1v) is 7.53. The third-order valence-corrected chi connectivity index (χ3v) is 4.16. The molecule has 0 saturated carbocycles. The fraction of sp³-hybridized carbons (Fsp3) is 0.600. The quantitative estimate of drug-likeness (QED) is 0.823. The molecule has 0 spiro atoms. The molecule has 0 fully saturated rings. The molecule has 0 heterocycles. The minimum Gasteiger partial charge on any atom is -0.309 e. The molecule has 0 amide bonds. The minimum atomic E-state index is 0.406. The van der Waals surface area contributed by atoms with E-state index in [9.17, 15) is 0 Å². The van der Waals surface area contributed by atoms with Crippen LogP contribution >= 0.6 is 15.9 Å². The van der Waals surface area contributed by atoms with Crippen LogP contribution in [0.2, 0.25) is 0 Å². The maximum absolute atomic E-state index is 3.57. The maximum atomic E-state index is 3.57. The van der Waals surface area contributed by atoms with E-state index in [-0.39, 0.29) is 0 Å². The minimum absolute atomic E-state index is 0.406. The molecule has 1 aromatic rings. The van der Waals surface area contributed by atoms with Gasteiger partial charge in [0.25, 0.3) is 0 Å². The summed E-state index contributed by atoms with van der Waals surface area (Å²) < 4.78 is 1.13. The van der Waals surface area contributed by atoms with Gasteiger partial charge in [-0.1, -0.05) is 35.0 Å². The number of likely N-dealkylation sites (N-methyl/N-ethyl adjacent to an activating group) is 1. The van der Waals surface area contributed by atoms with Crippen molar-refractivity contribution in [2.75, 3.05) is 20.1 Å². The van der Waals surface area contributed by atoms with Gasteiger partial charge >= 0.3 is 0 Å². The zero-order chi connectivity index (χ0) is 13.5. The van der Waals surface area contributed by atoms with Crippen molar-refractivity contribution in [3.05, 3.63) is 34.3 Å². The van der Waals surface area contributed by atoms with Crippen LogP contribution in [0.15, 0.2) is 28.7 Å². The number of benzene rings is 1. The maximum Gasteiger partial charge on any atom is 0.0292 e. The lowest BCUT2D eigenvalue weighted by Gasteiger charge is -2.24. The third-order valence-electron chi connectivity index (χ3n) is 3.63. The van der Waals surface area contributed by atoms with E-state index >= 15 is 0 Å². The molecule has 2 nitrogen and oxygen atoms in total. The monoisotopic (exact) mass is 312 g/mol. The molecule has 0 radical (unpaired) electrons. The number of hydrogen-bond acceptors (Lipinski definition) is 2. The van der Waals surface area contributed by atoms with E-state index in [1.54, 1.807) is 0 Å². The molecule has 3 heteroatoms. The summed E-state index contributed by atoms with van der Waals surface area (Å²) in [5.74, 6) is 0. The van der Waals surface area contributed by atoms with E-state index in [0.717, 1.165) is 17.6 Å². The van der Waals surface area contributed by atoms with Crippen LogP contribution in [-0.2, 0) is 0 Å². The average Bonchev–Trinajstić information content (AvgIpc) is 2.38. The molecule has 0 aliphatic heterocycles. The lowest BCUT2D eigenvalue weighted by atomic mass is 10.1. The van der Waals surface area contributed by atoms with Gasteiger partial charge in [0, 0.05) is 29.6 Å². The van der Waals surface area contributed by atoms with Gasteiger partial charge in [-0.15, -0.1) is 0 Å². The van der Waals surface area contributed by atoms with Crippen molar-refractivity contribution < 1.29 is 0 Å². The first kappa shape index (κ1) is 15.7. The van der Waals surface area contributed by atoms with Gasteiger partial charge in [-0.3, -0.25) is 0 Å². The predicted octanol–water partition coefficient (Wildman–Crippen LogP) is 3.83. The van der Waals surface area contributed by atoms with E-state index in [1.165, 1.54) is 12.0 Å². The summed E-state index contributed by atoms with van der Waals surface area (Å²) in [5, 5.41) is 3.57. The van der Waals surface area contributed by atoms with Gasteiger partial charge < -0.3 is 10.2 Å². The van der Waals surface area contributed by atoms with E-state index in [0.29, 0.717) is 12.1 Å². The van der Waals surface area contributed by atoms with Gasteiger partial charge in [-0.2, -0.15) is 0 Å². The molecule has 0 bridgehead atoms. The second-order valence-electron chi connectivity index (χ2n) is 4.97. The lowest BCUT2D eigenvalue weighted by Crippen LogP contribution is -2.35. The molecule has 18 heavy (non-hydrogen) atoms. The summed E-state index contributed by atoms with van der Waals surface area (Å²) in [7, 11) is 2.19. The van der Waals surface area contributed by atoms with Crippen molar-refractivity contribution in [1.29, 1.82) is 0 Å². The molecule has 102 valence electrons. The Morgan fingerprint density at radius 3 is 2.39 bits per heavy atom. The van der Waals surface area contributed by atoms with Crippen LogP contribution in [0, 0.1) is 0 Å². The molecule has 0 aliphatic carbocycles. The third kappa shape index (κ3) is 5.09. The Hall–Kier alpha value is -0.380. The Kier molecular flexibility index (Phi) is 6.90. The Balaban J connectivity index is 2.33. The highest BCUT2D eigenvalue weighted by Gasteiger charge is 2.08. The highest BCUT2D eigenvalue weighted by molar-refractivity contribution is 9.10. The first-order chi connectivity index (χ1) is 8.54. The van der Waals surface area contributed by atoms with Crippen LogP contribution in [0.1, 0.15) is 38.8 Å². The van der Waals surface area contributed by atoms with E-state index < -0.39 is 0 Å². The summed E-state index contributed by atoms with van der Waals surface area (Å²) in [6.07, 6.45) is 1.21. The molecular weight excluding hydrogens is 288 g/mol. The largest absolute Gasteiger partial charge is 0.309 e. The fourth-order valence-electron chi connectivity index (χ4n) is 1.86. The molecule has 0 aliphatic rings. The summed E-state index contributed by atoms with van der Waals surface area (Å²) in [5.41, 5.74) is 1.34. The number of halogens is 1. The lowest BCUT2D eigenvalue weighted by molar-refractivity contribution is 0.249. The second-order valence-corrected chi connectivity index (χ2v) is 5.88. The van der Waals surface area contributed by atoms with Crippen molar-refractivity contribution in [2.24, 2.45) is 0 Å². The first-order valence-electron chi connectivity index (χ1n) is 6.73. The van der Waals surface area contributed by atoms with Gasteiger partial charge in [-0.05, 0) is 45.0 Å². The van der Waals surface area contributed by atoms with Gasteiger partial charge in [0.1, 0.15) is 0 Å². The van der Waals surface area contributed by atoms with Crippen LogP contribution in [0.3, 0.4) is 0 Å². The van der Waals surface area contributed by atoms with Crippen LogP contribution in [-0.4, -0.2) is 31.1 Å². The highest BCUT2D eigenvalue weighted by Crippen LogP contribution is 2.16. The van der Waals surface area contributed by atoms with Crippen molar-refractivity contribution in [3.8, 4) is 0 Å². The SMILES string of the molecule is CCC(C)N(C)CCNC(C)c1ccc(Br)cc1. The van der Waals surface area contributed by atoms with Crippen LogP contribution in [0.25, 0.3) is 0 Å². The van der Waals surface area contributed by atoms with Crippen LogP contribution in [0.4, 0.5) is 0 Å². The van der Waals surface area contributed by atoms with Crippen LogP contribution in [0.5, 0.6) is 0 Å². The van der Waals surface area contributed by atoms with Crippen molar-refractivity contribution in [3.63, 3.8) is 0 Å². The fourth-order valence-corrected chi connectivity index (χ4v) is 2.12. The van der Waals surface area contributed by atoms with Crippen molar-refractivity contribution >= 4 is 15.9 Å². The Bertz CT molecular complexity index is 337. The highest BCUT2D eigenvalue weighted by atomic mass is 79.9. The zero-order valence-electron chi connectivity index (χ0n) is 11.9. The number of rotatable bonds is 7. The molecule has 2 atom stereocenters. The topological polar surface area (TPSA) is 15.3 Å². The average molecular weight is 313 g/mol. The van der Waals surface area contributed by atoms with Crippen molar-refractivity contribution in [1.82, 2.24) is 10.2 Å². The van der Waals surface area contributed by atoms with Crippen LogP contribution < -0.4 is 5.32 Å². The van der Waals surface area contributed by atoms with Gasteiger partial charge in [0.2, 0.25) is 0 Å². The smallest absolute Gasteiger partial charge is 0.0292 e. The van der Waals surface area contributed by atoms with E-state index in [2.05, 4.69) is 78.2 Å². The second kappa shape index (κ2) is 7.93. The molecule has 0 saturated heterocycles. The zero-order valence-corrected chi connectivity index (χ0v) is 13.5. The normalized spacial score (nSPS) is 14.8. The predicted molar refractivity (Wildman–Crippen MR) is 82.9 cm³/mol. The summed E-state index contributed by atoms with van der Waals surface area (Å²) >= 11 is 3.46. The van der Waals surface area contributed by atoms with Gasteiger partial charge in [0.15, 0.2) is 0 Å². The summed E-state index contributed by atoms with van der Waals surface area (Å²) in [6, 6.07) is 9.59. The van der Waals surface area contributed by atoms with Gasteiger partial charge in [-0.25, -0.2) is 0 Å². The van der Waals surface area contributed by atoms with Gasteiger partial charge in [0.05, 0.1) is 0 Å². The molecule has 0 aromatic heterocycles.